The fourth-order valence-corrected chi connectivity index (χ4v) is 2.08. The molecule has 1 rings (SSSR count). The summed E-state index contributed by atoms with van der Waals surface area (Å²) in [5, 5.41) is 11.6. The van der Waals surface area contributed by atoms with Gasteiger partial charge in [0.15, 0.2) is 0 Å². The Kier molecular flexibility index (Phi) is 6.42. The van der Waals surface area contributed by atoms with E-state index in [0.29, 0.717) is 6.42 Å². The highest BCUT2D eigenvalue weighted by atomic mass is 32.2. The van der Waals surface area contributed by atoms with Crippen LogP contribution in [0.1, 0.15) is 31.2 Å². The number of anilines is 1. The van der Waals surface area contributed by atoms with E-state index in [9.17, 15) is 9.59 Å². The molecule has 0 saturated carbocycles. The van der Waals surface area contributed by atoms with Gasteiger partial charge in [-0.1, -0.05) is 19.1 Å². The molecule has 19 heavy (non-hydrogen) atoms. The van der Waals surface area contributed by atoms with Crippen LogP contribution in [-0.4, -0.2) is 29.0 Å². The SMILES string of the molecule is CSCCC(=O)Nc1ccc(C(C)CC(=O)O)cc1. The van der Waals surface area contributed by atoms with Crippen molar-refractivity contribution in [2.45, 2.75) is 25.7 Å². The first-order valence-electron chi connectivity index (χ1n) is 6.13. The zero-order chi connectivity index (χ0) is 14.3. The van der Waals surface area contributed by atoms with E-state index >= 15 is 0 Å². The Morgan fingerprint density at radius 1 is 1.32 bits per heavy atom. The van der Waals surface area contributed by atoms with Gasteiger partial charge in [0.05, 0.1) is 6.42 Å². The Balaban J connectivity index is 2.56. The maximum Gasteiger partial charge on any atom is 0.303 e. The van der Waals surface area contributed by atoms with Gasteiger partial charge in [-0.25, -0.2) is 0 Å². The van der Waals surface area contributed by atoms with E-state index in [1.54, 1.807) is 11.8 Å². The molecule has 0 saturated heterocycles. The first-order valence-corrected chi connectivity index (χ1v) is 7.53. The van der Waals surface area contributed by atoms with Gasteiger partial charge in [0.2, 0.25) is 5.91 Å². The van der Waals surface area contributed by atoms with E-state index in [2.05, 4.69) is 5.32 Å². The van der Waals surface area contributed by atoms with Crippen LogP contribution in [0, 0.1) is 0 Å². The quantitative estimate of drug-likeness (QED) is 0.806. The standard InChI is InChI=1S/C14H19NO3S/c1-10(9-14(17)18)11-3-5-12(6-4-11)15-13(16)7-8-19-2/h3-6,10H,7-9H2,1-2H3,(H,15,16)(H,17,18). The van der Waals surface area contributed by atoms with E-state index in [4.69, 9.17) is 5.11 Å². The van der Waals surface area contributed by atoms with Crippen molar-refractivity contribution >= 4 is 29.3 Å². The highest BCUT2D eigenvalue weighted by Crippen LogP contribution is 2.21. The summed E-state index contributed by atoms with van der Waals surface area (Å²) in [6.45, 7) is 1.88. The third kappa shape index (κ3) is 5.79. The molecule has 1 atom stereocenters. The van der Waals surface area contributed by atoms with Gasteiger partial charge < -0.3 is 10.4 Å². The number of thioether (sulfide) groups is 1. The minimum absolute atomic E-state index is 0.000634. The Morgan fingerprint density at radius 2 is 1.95 bits per heavy atom. The van der Waals surface area contributed by atoms with Gasteiger partial charge >= 0.3 is 5.97 Å². The Morgan fingerprint density at radius 3 is 2.47 bits per heavy atom. The van der Waals surface area contributed by atoms with Crippen LogP contribution < -0.4 is 5.32 Å². The number of hydrogen-bond acceptors (Lipinski definition) is 3. The number of carbonyl (C=O) groups is 2. The zero-order valence-electron chi connectivity index (χ0n) is 11.2. The molecule has 2 N–H and O–H groups in total. The smallest absolute Gasteiger partial charge is 0.303 e. The second kappa shape index (κ2) is 7.84. The highest BCUT2D eigenvalue weighted by Gasteiger charge is 2.10. The summed E-state index contributed by atoms with van der Waals surface area (Å²) in [5.41, 5.74) is 1.71. The van der Waals surface area contributed by atoms with Crippen LogP contribution in [0.15, 0.2) is 24.3 Å². The predicted octanol–water partition coefficient (Wildman–Crippen LogP) is 2.96. The van der Waals surface area contributed by atoms with E-state index in [1.807, 2.05) is 37.4 Å². The summed E-state index contributed by atoms with van der Waals surface area (Å²) < 4.78 is 0. The van der Waals surface area contributed by atoms with Crippen LogP contribution in [0.4, 0.5) is 5.69 Å². The van der Waals surface area contributed by atoms with Gasteiger partial charge in [-0.05, 0) is 29.9 Å². The minimum Gasteiger partial charge on any atom is -0.481 e. The number of hydrogen-bond donors (Lipinski definition) is 2. The van der Waals surface area contributed by atoms with Gasteiger partial charge in [0.1, 0.15) is 0 Å². The molecule has 1 unspecified atom stereocenters. The number of nitrogens with one attached hydrogen (secondary N) is 1. The molecule has 0 aliphatic rings. The fraction of sp³-hybridized carbons (Fsp3) is 0.429. The summed E-state index contributed by atoms with van der Waals surface area (Å²) in [6, 6.07) is 7.34. The second-order valence-electron chi connectivity index (χ2n) is 4.41. The molecule has 0 fully saturated rings. The van der Waals surface area contributed by atoms with Gasteiger partial charge in [0.25, 0.3) is 0 Å². The van der Waals surface area contributed by atoms with E-state index in [1.165, 1.54) is 0 Å². The van der Waals surface area contributed by atoms with E-state index < -0.39 is 5.97 Å². The van der Waals surface area contributed by atoms with Crippen LogP contribution in [0.3, 0.4) is 0 Å². The molecule has 0 aliphatic carbocycles. The van der Waals surface area contributed by atoms with Gasteiger partial charge in [-0.15, -0.1) is 0 Å². The number of aliphatic carboxylic acids is 1. The molecule has 0 radical (unpaired) electrons. The topological polar surface area (TPSA) is 66.4 Å². The van der Waals surface area contributed by atoms with Crippen LogP contribution in [0.25, 0.3) is 0 Å². The van der Waals surface area contributed by atoms with Crippen LogP contribution in [0.5, 0.6) is 0 Å². The molecule has 0 aromatic heterocycles. The number of carboxylic acid groups (broad SMARTS) is 1. The lowest BCUT2D eigenvalue weighted by atomic mass is 9.98. The summed E-state index contributed by atoms with van der Waals surface area (Å²) >= 11 is 1.64. The monoisotopic (exact) mass is 281 g/mol. The van der Waals surface area contributed by atoms with Gasteiger partial charge in [0, 0.05) is 17.9 Å². The second-order valence-corrected chi connectivity index (χ2v) is 5.40. The Labute approximate surface area is 117 Å². The molecule has 1 amide bonds. The maximum absolute atomic E-state index is 11.5. The summed E-state index contributed by atoms with van der Waals surface area (Å²) in [7, 11) is 0. The lowest BCUT2D eigenvalue weighted by molar-refractivity contribution is -0.137. The summed E-state index contributed by atoms with van der Waals surface area (Å²) in [6.07, 6.45) is 2.57. The van der Waals surface area contributed by atoms with Crippen LogP contribution in [0.2, 0.25) is 0 Å². The molecule has 0 bridgehead atoms. The molecule has 1 aromatic rings. The number of benzene rings is 1. The molecular formula is C14H19NO3S. The number of rotatable bonds is 7. The maximum atomic E-state index is 11.5. The fourth-order valence-electron chi connectivity index (χ4n) is 1.69. The third-order valence-corrected chi connectivity index (χ3v) is 3.39. The Bertz CT molecular complexity index is 431. The predicted molar refractivity (Wildman–Crippen MR) is 78.7 cm³/mol. The molecule has 0 aliphatic heterocycles. The normalized spacial score (nSPS) is 11.9. The lowest BCUT2D eigenvalue weighted by Crippen LogP contribution is -2.12. The number of amides is 1. The van der Waals surface area contributed by atoms with Crippen molar-refractivity contribution in [3.05, 3.63) is 29.8 Å². The largest absolute Gasteiger partial charge is 0.481 e. The molecule has 104 valence electrons. The minimum atomic E-state index is -0.804. The van der Waals surface area contributed by atoms with Crippen molar-refractivity contribution in [1.29, 1.82) is 0 Å². The highest BCUT2D eigenvalue weighted by molar-refractivity contribution is 7.98. The number of carboxylic acids is 1. The van der Waals surface area contributed by atoms with Gasteiger partial charge in [-0.2, -0.15) is 11.8 Å². The van der Waals surface area contributed by atoms with Crippen LogP contribution in [-0.2, 0) is 9.59 Å². The van der Waals surface area contributed by atoms with Crippen molar-refractivity contribution in [1.82, 2.24) is 0 Å². The summed E-state index contributed by atoms with van der Waals surface area (Å²) in [4.78, 5) is 22.2. The van der Waals surface area contributed by atoms with Gasteiger partial charge in [-0.3, -0.25) is 9.59 Å². The Hall–Kier alpha value is -1.49. The molecule has 5 heteroatoms. The first-order chi connectivity index (χ1) is 9.02. The van der Waals surface area contributed by atoms with E-state index in [0.717, 1.165) is 17.0 Å². The molecule has 0 spiro atoms. The molecule has 4 nitrogen and oxygen atoms in total. The lowest BCUT2D eigenvalue weighted by Gasteiger charge is -2.10. The summed E-state index contributed by atoms with van der Waals surface area (Å²) in [5.74, 6) is -0.0269. The van der Waals surface area contributed by atoms with Crippen LogP contribution >= 0.6 is 11.8 Å². The first kappa shape index (κ1) is 15.6. The third-order valence-electron chi connectivity index (χ3n) is 2.78. The average molecular weight is 281 g/mol. The van der Waals surface area contributed by atoms with E-state index in [-0.39, 0.29) is 18.2 Å². The molecule has 1 aromatic carbocycles. The van der Waals surface area contributed by atoms with Crippen molar-refractivity contribution < 1.29 is 14.7 Å². The molecular weight excluding hydrogens is 262 g/mol. The average Bonchev–Trinajstić information content (AvgIpc) is 2.36. The van der Waals surface area contributed by atoms with Crippen molar-refractivity contribution in [3.8, 4) is 0 Å². The van der Waals surface area contributed by atoms with Crippen molar-refractivity contribution in [2.75, 3.05) is 17.3 Å². The van der Waals surface area contributed by atoms with Crippen molar-refractivity contribution in [3.63, 3.8) is 0 Å². The zero-order valence-corrected chi connectivity index (χ0v) is 12.0. The number of carbonyl (C=O) groups excluding carboxylic acids is 1. The van der Waals surface area contributed by atoms with Crippen molar-refractivity contribution in [2.24, 2.45) is 0 Å². The molecule has 0 heterocycles.